The fourth-order valence-electron chi connectivity index (χ4n) is 1.65. The van der Waals surface area contributed by atoms with Gasteiger partial charge in [-0.15, -0.1) is 12.3 Å². The lowest BCUT2D eigenvalue weighted by atomic mass is 10.2. The topological polar surface area (TPSA) is 41.1 Å². The van der Waals surface area contributed by atoms with Crippen molar-refractivity contribution in [3.05, 3.63) is 29.8 Å². The van der Waals surface area contributed by atoms with Crippen LogP contribution in [0.15, 0.2) is 24.3 Å². The molecule has 0 heterocycles. The molecule has 1 aromatic rings. The van der Waals surface area contributed by atoms with Crippen LogP contribution in [0.2, 0.25) is 0 Å². The van der Waals surface area contributed by atoms with Crippen LogP contribution >= 0.6 is 0 Å². The lowest BCUT2D eigenvalue weighted by Crippen LogP contribution is -2.38. The van der Waals surface area contributed by atoms with E-state index in [0.717, 1.165) is 31.5 Å². The predicted molar refractivity (Wildman–Crippen MR) is 80.0 cm³/mol. The molecule has 0 radical (unpaired) electrons. The molecule has 1 aromatic carbocycles. The molecule has 0 aromatic heterocycles. The summed E-state index contributed by atoms with van der Waals surface area (Å²) in [6, 6.07) is 7.58. The Bertz CT molecular complexity index is 431. The molecular weight excluding hydrogens is 236 g/mol. The molecule has 0 aliphatic heterocycles. The second kappa shape index (κ2) is 8.34. The summed E-state index contributed by atoms with van der Waals surface area (Å²) in [6.45, 7) is 4.70. The Hall–Kier alpha value is -1.79. The summed E-state index contributed by atoms with van der Waals surface area (Å²) in [7, 11) is 0. The van der Waals surface area contributed by atoms with Crippen LogP contribution in [0.5, 0.6) is 0 Å². The van der Waals surface area contributed by atoms with E-state index in [0.29, 0.717) is 0 Å². The summed E-state index contributed by atoms with van der Waals surface area (Å²) >= 11 is 0. The SMILES string of the molecule is C#CCCCCNC(C)C(=O)Nc1ccc(C)cc1. The summed E-state index contributed by atoms with van der Waals surface area (Å²) in [5.74, 6) is 2.60. The molecular formula is C16H22N2O. The average Bonchev–Trinajstić information content (AvgIpc) is 2.41. The molecule has 3 heteroatoms. The number of aryl methyl sites for hydroxylation is 1. The molecule has 0 bridgehead atoms. The first kappa shape index (κ1) is 15.3. The number of anilines is 1. The Kier molecular flexibility index (Phi) is 6.70. The summed E-state index contributed by atoms with van der Waals surface area (Å²) < 4.78 is 0. The zero-order chi connectivity index (χ0) is 14.1. The van der Waals surface area contributed by atoms with Crippen molar-refractivity contribution in [3.8, 4) is 12.3 Å². The van der Waals surface area contributed by atoms with Gasteiger partial charge in [0.2, 0.25) is 5.91 Å². The molecule has 1 amide bonds. The first-order valence-corrected chi connectivity index (χ1v) is 6.68. The molecule has 1 atom stereocenters. The van der Waals surface area contributed by atoms with Crippen LogP contribution in [-0.2, 0) is 4.79 Å². The van der Waals surface area contributed by atoms with E-state index in [1.165, 1.54) is 5.56 Å². The maximum Gasteiger partial charge on any atom is 0.241 e. The van der Waals surface area contributed by atoms with Crippen molar-refractivity contribution in [1.29, 1.82) is 0 Å². The van der Waals surface area contributed by atoms with Gasteiger partial charge in [-0.05, 0) is 45.4 Å². The van der Waals surface area contributed by atoms with Gasteiger partial charge in [-0.1, -0.05) is 17.7 Å². The van der Waals surface area contributed by atoms with E-state index in [1.807, 2.05) is 38.1 Å². The van der Waals surface area contributed by atoms with E-state index >= 15 is 0 Å². The number of amides is 1. The minimum atomic E-state index is -0.202. The predicted octanol–water partition coefficient (Wildman–Crippen LogP) is 2.72. The molecule has 1 unspecified atom stereocenters. The van der Waals surface area contributed by atoms with E-state index < -0.39 is 0 Å². The molecule has 102 valence electrons. The normalized spacial score (nSPS) is 11.6. The smallest absolute Gasteiger partial charge is 0.241 e. The van der Waals surface area contributed by atoms with Gasteiger partial charge in [0.15, 0.2) is 0 Å². The van der Waals surface area contributed by atoms with Crippen LogP contribution in [-0.4, -0.2) is 18.5 Å². The maximum absolute atomic E-state index is 11.9. The van der Waals surface area contributed by atoms with E-state index in [9.17, 15) is 4.79 Å². The number of carbonyl (C=O) groups is 1. The Morgan fingerprint density at radius 3 is 2.63 bits per heavy atom. The number of unbranched alkanes of at least 4 members (excludes halogenated alkanes) is 2. The summed E-state index contributed by atoms with van der Waals surface area (Å²) in [5.41, 5.74) is 2.01. The molecule has 0 aliphatic carbocycles. The Morgan fingerprint density at radius 2 is 2.00 bits per heavy atom. The van der Waals surface area contributed by atoms with Crippen LogP contribution in [0, 0.1) is 19.3 Å². The van der Waals surface area contributed by atoms with Crippen LogP contribution in [0.1, 0.15) is 31.7 Å². The van der Waals surface area contributed by atoms with Gasteiger partial charge in [0.25, 0.3) is 0 Å². The number of nitrogens with one attached hydrogen (secondary N) is 2. The van der Waals surface area contributed by atoms with E-state index in [1.54, 1.807) is 0 Å². The number of hydrogen-bond acceptors (Lipinski definition) is 2. The van der Waals surface area contributed by atoms with Gasteiger partial charge in [0.05, 0.1) is 6.04 Å². The second-order valence-corrected chi connectivity index (χ2v) is 4.69. The number of hydrogen-bond donors (Lipinski definition) is 2. The van der Waals surface area contributed by atoms with Gasteiger partial charge < -0.3 is 10.6 Å². The molecule has 0 aliphatic rings. The highest BCUT2D eigenvalue weighted by Gasteiger charge is 2.11. The molecule has 0 saturated heterocycles. The minimum Gasteiger partial charge on any atom is -0.325 e. The van der Waals surface area contributed by atoms with Crippen molar-refractivity contribution in [3.63, 3.8) is 0 Å². The Balaban J connectivity index is 2.28. The highest BCUT2D eigenvalue weighted by molar-refractivity contribution is 5.94. The second-order valence-electron chi connectivity index (χ2n) is 4.69. The molecule has 0 saturated carbocycles. The van der Waals surface area contributed by atoms with Crippen molar-refractivity contribution in [2.75, 3.05) is 11.9 Å². The molecule has 1 rings (SSSR count). The van der Waals surface area contributed by atoms with Gasteiger partial charge in [0.1, 0.15) is 0 Å². The standard InChI is InChI=1S/C16H22N2O/c1-4-5-6-7-12-17-14(3)16(19)18-15-10-8-13(2)9-11-15/h1,8-11,14,17H,5-7,12H2,2-3H3,(H,18,19). The summed E-state index contributed by atoms with van der Waals surface area (Å²) in [4.78, 5) is 11.9. The maximum atomic E-state index is 11.9. The van der Waals surface area contributed by atoms with E-state index in [2.05, 4.69) is 16.6 Å². The van der Waals surface area contributed by atoms with Crippen LogP contribution in [0.25, 0.3) is 0 Å². The number of rotatable bonds is 7. The first-order valence-electron chi connectivity index (χ1n) is 6.68. The quantitative estimate of drug-likeness (QED) is 0.583. The average molecular weight is 258 g/mol. The molecule has 19 heavy (non-hydrogen) atoms. The van der Waals surface area contributed by atoms with E-state index in [4.69, 9.17) is 6.42 Å². The number of benzene rings is 1. The lowest BCUT2D eigenvalue weighted by molar-refractivity contribution is -0.117. The van der Waals surface area contributed by atoms with Crippen LogP contribution in [0.3, 0.4) is 0 Å². The lowest BCUT2D eigenvalue weighted by Gasteiger charge is -2.14. The van der Waals surface area contributed by atoms with Crippen LogP contribution < -0.4 is 10.6 Å². The van der Waals surface area contributed by atoms with Gasteiger partial charge in [-0.2, -0.15) is 0 Å². The Labute approximate surface area is 115 Å². The van der Waals surface area contributed by atoms with Gasteiger partial charge in [0, 0.05) is 12.1 Å². The van der Waals surface area contributed by atoms with E-state index in [-0.39, 0.29) is 11.9 Å². The number of terminal acetylenes is 1. The molecule has 0 fully saturated rings. The summed E-state index contributed by atoms with van der Waals surface area (Å²) in [5, 5.41) is 6.08. The number of carbonyl (C=O) groups excluding carboxylic acids is 1. The third-order valence-corrected chi connectivity index (χ3v) is 2.91. The van der Waals surface area contributed by atoms with Crippen molar-refractivity contribution in [1.82, 2.24) is 5.32 Å². The third-order valence-electron chi connectivity index (χ3n) is 2.91. The largest absolute Gasteiger partial charge is 0.325 e. The van der Waals surface area contributed by atoms with Crippen molar-refractivity contribution in [2.45, 2.75) is 39.2 Å². The fourth-order valence-corrected chi connectivity index (χ4v) is 1.65. The van der Waals surface area contributed by atoms with Gasteiger partial charge in [-0.3, -0.25) is 4.79 Å². The zero-order valence-electron chi connectivity index (χ0n) is 11.7. The molecule has 3 nitrogen and oxygen atoms in total. The highest BCUT2D eigenvalue weighted by Crippen LogP contribution is 2.08. The van der Waals surface area contributed by atoms with Gasteiger partial charge in [-0.25, -0.2) is 0 Å². The minimum absolute atomic E-state index is 0.0131. The Morgan fingerprint density at radius 1 is 1.32 bits per heavy atom. The van der Waals surface area contributed by atoms with Crippen molar-refractivity contribution < 1.29 is 4.79 Å². The van der Waals surface area contributed by atoms with Crippen LogP contribution in [0.4, 0.5) is 5.69 Å². The fraction of sp³-hybridized carbons (Fsp3) is 0.438. The van der Waals surface area contributed by atoms with Crippen molar-refractivity contribution in [2.24, 2.45) is 0 Å². The zero-order valence-corrected chi connectivity index (χ0v) is 11.7. The monoisotopic (exact) mass is 258 g/mol. The molecule has 2 N–H and O–H groups in total. The van der Waals surface area contributed by atoms with Gasteiger partial charge >= 0.3 is 0 Å². The first-order chi connectivity index (χ1) is 9.13. The highest BCUT2D eigenvalue weighted by atomic mass is 16.2. The molecule has 0 spiro atoms. The third kappa shape index (κ3) is 6.08. The summed E-state index contributed by atoms with van der Waals surface area (Å²) in [6.07, 6.45) is 7.97. The van der Waals surface area contributed by atoms with Crippen molar-refractivity contribution >= 4 is 11.6 Å².